The van der Waals surface area contributed by atoms with Gasteiger partial charge in [0, 0.05) is 24.3 Å². The molecule has 3 nitrogen and oxygen atoms in total. The highest BCUT2D eigenvalue weighted by Crippen LogP contribution is 2.41. The fourth-order valence-corrected chi connectivity index (χ4v) is 3.62. The highest BCUT2D eigenvalue weighted by atomic mass is 79.9. The fraction of sp³-hybridized carbons (Fsp3) is 0.625. The van der Waals surface area contributed by atoms with Crippen molar-refractivity contribution in [3.8, 4) is 0 Å². The van der Waals surface area contributed by atoms with Crippen LogP contribution in [0.1, 0.15) is 37.4 Å². The molecule has 2 heterocycles. The molecule has 0 aliphatic carbocycles. The summed E-state index contributed by atoms with van der Waals surface area (Å²) in [6.07, 6.45) is 3.38. The van der Waals surface area contributed by atoms with Crippen molar-refractivity contribution in [1.82, 2.24) is 0 Å². The fourth-order valence-electron chi connectivity index (χ4n) is 3.36. The van der Waals surface area contributed by atoms with Crippen LogP contribution in [0.4, 0.5) is 0 Å². The van der Waals surface area contributed by atoms with E-state index in [0.717, 1.165) is 55.5 Å². The maximum atomic E-state index is 10.6. The first-order chi connectivity index (χ1) is 9.69. The van der Waals surface area contributed by atoms with E-state index in [1.807, 2.05) is 24.3 Å². The molecule has 2 saturated heterocycles. The summed E-state index contributed by atoms with van der Waals surface area (Å²) in [7, 11) is 0. The number of aliphatic hydroxyl groups is 1. The van der Waals surface area contributed by atoms with Crippen molar-refractivity contribution >= 4 is 15.9 Å². The average molecular weight is 341 g/mol. The maximum absolute atomic E-state index is 10.6. The van der Waals surface area contributed by atoms with Crippen LogP contribution < -0.4 is 0 Å². The standard InChI is InChI=1S/C16H21BrO3/c17-14-3-1-12(2-4-14)15(18)13-5-8-20-16(11-13)6-9-19-10-7-16/h1-4,13,15,18H,5-11H2. The quantitative estimate of drug-likeness (QED) is 0.895. The Balaban J connectivity index is 1.71. The van der Waals surface area contributed by atoms with Crippen LogP contribution in [0.15, 0.2) is 28.7 Å². The second-order valence-electron chi connectivity index (χ2n) is 5.89. The van der Waals surface area contributed by atoms with E-state index in [-0.39, 0.29) is 11.5 Å². The Morgan fingerprint density at radius 2 is 1.85 bits per heavy atom. The van der Waals surface area contributed by atoms with E-state index in [1.54, 1.807) is 0 Å². The molecule has 2 aliphatic rings. The van der Waals surface area contributed by atoms with Crippen molar-refractivity contribution in [2.45, 2.75) is 37.4 Å². The summed E-state index contributed by atoms with van der Waals surface area (Å²) < 4.78 is 12.5. The normalized spacial score (nSPS) is 27.4. The summed E-state index contributed by atoms with van der Waals surface area (Å²) in [6.45, 7) is 2.31. The molecule has 1 spiro atoms. The zero-order valence-electron chi connectivity index (χ0n) is 11.6. The van der Waals surface area contributed by atoms with Gasteiger partial charge in [-0.2, -0.15) is 0 Å². The molecule has 2 fully saturated rings. The lowest BCUT2D eigenvalue weighted by atomic mass is 9.77. The molecule has 2 atom stereocenters. The zero-order chi connectivity index (χ0) is 14.0. The second-order valence-corrected chi connectivity index (χ2v) is 6.81. The van der Waals surface area contributed by atoms with Crippen molar-refractivity contribution in [2.75, 3.05) is 19.8 Å². The molecule has 0 radical (unpaired) electrons. The van der Waals surface area contributed by atoms with Crippen molar-refractivity contribution in [3.63, 3.8) is 0 Å². The number of rotatable bonds is 2. The monoisotopic (exact) mass is 340 g/mol. The van der Waals surface area contributed by atoms with Crippen LogP contribution in [-0.4, -0.2) is 30.5 Å². The summed E-state index contributed by atoms with van der Waals surface area (Å²) in [5.74, 6) is 0.281. The average Bonchev–Trinajstić information content (AvgIpc) is 2.48. The van der Waals surface area contributed by atoms with Gasteiger partial charge >= 0.3 is 0 Å². The predicted octanol–water partition coefficient (Wildman–Crippen LogP) is 3.46. The van der Waals surface area contributed by atoms with E-state index < -0.39 is 6.10 Å². The number of hydrogen-bond acceptors (Lipinski definition) is 3. The van der Waals surface area contributed by atoms with Gasteiger partial charge in [0.25, 0.3) is 0 Å². The summed E-state index contributed by atoms with van der Waals surface area (Å²) >= 11 is 3.43. The molecule has 1 aromatic rings. The molecule has 1 N–H and O–H groups in total. The number of aliphatic hydroxyl groups excluding tert-OH is 1. The lowest BCUT2D eigenvalue weighted by Crippen LogP contribution is -2.45. The van der Waals surface area contributed by atoms with Gasteiger partial charge in [-0.25, -0.2) is 0 Å². The molecule has 20 heavy (non-hydrogen) atoms. The van der Waals surface area contributed by atoms with Crippen LogP contribution >= 0.6 is 15.9 Å². The molecular formula is C16H21BrO3. The van der Waals surface area contributed by atoms with Gasteiger partial charge in [0.2, 0.25) is 0 Å². The van der Waals surface area contributed by atoms with Gasteiger partial charge in [-0.15, -0.1) is 0 Å². The van der Waals surface area contributed by atoms with Gasteiger partial charge in [-0.05, 0) is 49.3 Å². The van der Waals surface area contributed by atoms with Crippen molar-refractivity contribution < 1.29 is 14.6 Å². The smallest absolute Gasteiger partial charge is 0.0820 e. The number of halogens is 1. The zero-order valence-corrected chi connectivity index (χ0v) is 13.1. The third-order valence-corrected chi connectivity index (χ3v) is 5.12. The Bertz CT molecular complexity index is 434. The highest BCUT2D eigenvalue weighted by molar-refractivity contribution is 9.10. The Morgan fingerprint density at radius 1 is 1.15 bits per heavy atom. The molecular weight excluding hydrogens is 320 g/mol. The molecule has 0 bridgehead atoms. The summed E-state index contributed by atoms with van der Waals surface area (Å²) in [5.41, 5.74) is 0.944. The third kappa shape index (κ3) is 3.08. The van der Waals surface area contributed by atoms with Crippen LogP contribution in [0.25, 0.3) is 0 Å². The Morgan fingerprint density at radius 3 is 2.55 bits per heavy atom. The molecule has 0 amide bonds. The third-order valence-electron chi connectivity index (χ3n) is 4.59. The largest absolute Gasteiger partial charge is 0.388 e. The van der Waals surface area contributed by atoms with E-state index in [4.69, 9.17) is 9.47 Å². The van der Waals surface area contributed by atoms with Crippen molar-refractivity contribution in [3.05, 3.63) is 34.3 Å². The number of ether oxygens (including phenoxy) is 2. The van der Waals surface area contributed by atoms with Gasteiger partial charge in [-0.1, -0.05) is 28.1 Å². The second kappa shape index (κ2) is 6.14. The Hall–Kier alpha value is -0.420. The number of hydrogen-bond donors (Lipinski definition) is 1. The number of benzene rings is 1. The van der Waals surface area contributed by atoms with Crippen molar-refractivity contribution in [2.24, 2.45) is 5.92 Å². The molecule has 0 saturated carbocycles. The van der Waals surface area contributed by atoms with Crippen LogP contribution in [0.2, 0.25) is 0 Å². The van der Waals surface area contributed by atoms with Gasteiger partial charge in [0.1, 0.15) is 0 Å². The van der Waals surface area contributed by atoms with Crippen LogP contribution in [0.5, 0.6) is 0 Å². The van der Waals surface area contributed by atoms with Crippen molar-refractivity contribution in [1.29, 1.82) is 0 Å². The minimum absolute atomic E-state index is 0.0580. The lowest BCUT2D eigenvalue weighted by molar-refractivity contribution is -0.159. The summed E-state index contributed by atoms with van der Waals surface area (Å²) in [5, 5.41) is 10.6. The minimum Gasteiger partial charge on any atom is -0.388 e. The molecule has 110 valence electrons. The van der Waals surface area contributed by atoms with E-state index in [2.05, 4.69) is 15.9 Å². The van der Waals surface area contributed by atoms with Gasteiger partial charge in [-0.3, -0.25) is 0 Å². The molecule has 3 rings (SSSR count). The maximum Gasteiger partial charge on any atom is 0.0820 e. The molecule has 2 aliphatic heterocycles. The molecule has 1 aromatic carbocycles. The Kier molecular flexibility index (Phi) is 4.46. The first-order valence-corrected chi connectivity index (χ1v) is 8.13. The van der Waals surface area contributed by atoms with E-state index >= 15 is 0 Å². The van der Waals surface area contributed by atoms with Crippen LogP contribution in [-0.2, 0) is 9.47 Å². The summed E-state index contributed by atoms with van der Waals surface area (Å²) in [4.78, 5) is 0. The molecule has 0 aromatic heterocycles. The summed E-state index contributed by atoms with van der Waals surface area (Å²) in [6, 6.07) is 7.98. The first kappa shape index (κ1) is 14.5. The first-order valence-electron chi connectivity index (χ1n) is 7.34. The minimum atomic E-state index is -0.397. The lowest BCUT2D eigenvalue weighted by Gasteiger charge is -2.44. The highest BCUT2D eigenvalue weighted by Gasteiger charge is 2.41. The van der Waals surface area contributed by atoms with Crippen LogP contribution in [0, 0.1) is 5.92 Å². The van der Waals surface area contributed by atoms with Gasteiger partial charge < -0.3 is 14.6 Å². The SMILES string of the molecule is OC(c1ccc(Br)cc1)C1CCOC2(CCOCC2)C1. The van der Waals surface area contributed by atoms with E-state index in [0.29, 0.717) is 0 Å². The molecule has 4 heteroatoms. The van der Waals surface area contributed by atoms with E-state index in [9.17, 15) is 5.11 Å². The van der Waals surface area contributed by atoms with E-state index in [1.165, 1.54) is 0 Å². The van der Waals surface area contributed by atoms with Gasteiger partial charge in [0.05, 0.1) is 11.7 Å². The topological polar surface area (TPSA) is 38.7 Å². The predicted molar refractivity (Wildman–Crippen MR) is 80.6 cm³/mol. The Labute approximate surface area is 128 Å². The van der Waals surface area contributed by atoms with Crippen LogP contribution in [0.3, 0.4) is 0 Å². The molecule has 2 unspecified atom stereocenters. The van der Waals surface area contributed by atoms with Gasteiger partial charge in [0.15, 0.2) is 0 Å².